The Balaban J connectivity index is 1.63. The number of methoxy groups -OCH3 is 1. The van der Waals surface area contributed by atoms with Gasteiger partial charge >= 0.3 is 5.97 Å². The summed E-state index contributed by atoms with van der Waals surface area (Å²) in [4.78, 5) is 46.4. The van der Waals surface area contributed by atoms with Crippen LogP contribution in [0, 0.1) is 17.8 Å². The smallest absolute Gasteiger partial charge is 0.305 e. The number of hydrogen-bond donors (Lipinski definition) is 1. The zero-order chi connectivity index (χ0) is 32.3. The quantitative estimate of drug-likeness (QED) is 0.326. The van der Waals surface area contributed by atoms with Crippen LogP contribution in [-0.4, -0.2) is 52.9 Å². The Bertz CT molecular complexity index is 1780. The summed E-state index contributed by atoms with van der Waals surface area (Å²) in [6.45, 7) is 14.4. The standard InChI is InChI=1S/C37H42N4O4/c1-9-22-29-16-30-24(12-17(2)3)19(5)26(38-30)15-31-34(21(7)42)20(6)28(39-31)14-27-18(4)23(10-11-33(44)45-8)36(40-27)25-13-32(43)35(22)37(25)41-29/h14-18,21,23,42H,9-13H2,1-8H3. The number of carbonyl (C=O) groups is 2. The molecule has 1 N–H and O–H groups in total. The van der Waals surface area contributed by atoms with E-state index in [1.165, 1.54) is 7.11 Å². The van der Waals surface area contributed by atoms with Crippen LogP contribution in [0.2, 0.25) is 0 Å². The summed E-state index contributed by atoms with van der Waals surface area (Å²) in [7, 11) is 1.40. The highest BCUT2D eigenvalue weighted by Gasteiger charge is 2.43. The molecule has 0 saturated heterocycles. The van der Waals surface area contributed by atoms with Gasteiger partial charge in [0.05, 0.1) is 53.1 Å². The van der Waals surface area contributed by atoms with Crippen molar-refractivity contribution in [1.82, 2.24) is 0 Å². The number of aliphatic imine (C=N–C) groups is 4. The molecule has 3 atom stereocenters. The van der Waals surface area contributed by atoms with Gasteiger partial charge in [0.15, 0.2) is 5.78 Å². The average molecular weight is 607 g/mol. The van der Waals surface area contributed by atoms with Crippen LogP contribution < -0.4 is 0 Å². The van der Waals surface area contributed by atoms with Crippen LogP contribution in [0.4, 0.5) is 0 Å². The Labute approximate surface area is 265 Å². The molecule has 45 heavy (non-hydrogen) atoms. The summed E-state index contributed by atoms with van der Waals surface area (Å²) in [5, 5.41) is 10.9. The van der Waals surface area contributed by atoms with Gasteiger partial charge in [0.1, 0.15) is 0 Å². The normalized spacial score (nSPS) is 24.8. The van der Waals surface area contributed by atoms with Crippen LogP contribution in [-0.2, 0) is 14.3 Å². The second-order valence-electron chi connectivity index (χ2n) is 13.2. The molecule has 0 radical (unpaired) electrons. The van der Waals surface area contributed by atoms with Crippen LogP contribution >= 0.6 is 0 Å². The second kappa shape index (κ2) is 11.7. The average Bonchev–Trinajstić information content (AvgIpc) is 3.74. The number of hydrogen-bond acceptors (Lipinski definition) is 8. The lowest BCUT2D eigenvalue weighted by Crippen LogP contribution is -2.17. The predicted octanol–water partition coefficient (Wildman–Crippen LogP) is 6.67. The molecule has 6 rings (SSSR count). The molecular formula is C37H42N4O4. The number of ketones is 1. The summed E-state index contributed by atoms with van der Waals surface area (Å²) < 4.78 is 4.97. The largest absolute Gasteiger partial charge is 0.469 e. The Morgan fingerprint density at radius 1 is 0.978 bits per heavy atom. The van der Waals surface area contributed by atoms with Crippen molar-refractivity contribution in [2.45, 2.75) is 86.7 Å². The van der Waals surface area contributed by atoms with E-state index in [-0.39, 0.29) is 36.4 Å². The van der Waals surface area contributed by atoms with Crippen LogP contribution in [0.1, 0.15) is 80.6 Å². The molecule has 5 heterocycles. The molecule has 0 aromatic carbocycles. The van der Waals surface area contributed by atoms with E-state index in [0.717, 1.165) is 74.1 Å². The zero-order valence-electron chi connectivity index (χ0n) is 27.5. The highest BCUT2D eigenvalue weighted by atomic mass is 16.5. The van der Waals surface area contributed by atoms with E-state index in [9.17, 15) is 14.7 Å². The van der Waals surface area contributed by atoms with E-state index < -0.39 is 6.10 Å². The molecular weight excluding hydrogens is 564 g/mol. The number of carbonyl (C=O) groups excluding carboxylic acids is 2. The molecule has 1 fully saturated rings. The highest BCUT2D eigenvalue weighted by Crippen LogP contribution is 2.46. The summed E-state index contributed by atoms with van der Waals surface area (Å²) >= 11 is 0. The van der Waals surface area contributed by atoms with Crippen molar-refractivity contribution in [1.29, 1.82) is 0 Å². The predicted molar refractivity (Wildman–Crippen MR) is 178 cm³/mol. The maximum absolute atomic E-state index is 13.7. The summed E-state index contributed by atoms with van der Waals surface area (Å²) in [6.07, 6.45) is 7.86. The van der Waals surface area contributed by atoms with Crippen molar-refractivity contribution in [2.75, 3.05) is 7.11 Å². The van der Waals surface area contributed by atoms with Crippen molar-refractivity contribution < 1.29 is 19.4 Å². The highest BCUT2D eigenvalue weighted by molar-refractivity contribution is 6.38. The number of allylic oxidation sites excluding steroid dienone is 10. The van der Waals surface area contributed by atoms with Gasteiger partial charge in [-0.25, -0.2) is 15.0 Å². The molecule has 0 amide bonds. The van der Waals surface area contributed by atoms with E-state index in [1.54, 1.807) is 6.92 Å². The Morgan fingerprint density at radius 3 is 2.33 bits per heavy atom. The number of esters is 1. The summed E-state index contributed by atoms with van der Waals surface area (Å²) in [5.41, 5.74) is 12.7. The first-order valence-electron chi connectivity index (χ1n) is 16.1. The van der Waals surface area contributed by atoms with Crippen LogP contribution in [0.25, 0.3) is 0 Å². The van der Waals surface area contributed by atoms with E-state index in [2.05, 4.69) is 34.6 Å². The van der Waals surface area contributed by atoms with Crippen molar-refractivity contribution in [3.8, 4) is 0 Å². The third-order valence-corrected chi connectivity index (χ3v) is 9.76. The van der Waals surface area contributed by atoms with Crippen LogP contribution in [0.3, 0.4) is 0 Å². The molecule has 8 bridgehead atoms. The first kappa shape index (κ1) is 31.0. The number of rotatable bonds is 7. The lowest BCUT2D eigenvalue weighted by atomic mass is 9.84. The Hall–Kier alpha value is -4.04. The number of ether oxygens (including phenoxy) is 1. The van der Waals surface area contributed by atoms with Gasteiger partial charge in [-0.1, -0.05) is 27.7 Å². The molecule has 0 spiro atoms. The molecule has 1 saturated carbocycles. The third-order valence-electron chi connectivity index (χ3n) is 9.76. The molecule has 8 nitrogen and oxygen atoms in total. The van der Waals surface area contributed by atoms with E-state index in [1.807, 2.05) is 25.2 Å². The molecule has 0 aromatic rings. The Kier molecular flexibility index (Phi) is 8.06. The maximum Gasteiger partial charge on any atom is 0.305 e. The minimum absolute atomic E-state index is 0.0307. The van der Waals surface area contributed by atoms with E-state index in [4.69, 9.17) is 24.7 Å². The van der Waals surface area contributed by atoms with Crippen LogP contribution in [0.5, 0.6) is 0 Å². The van der Waals surface area contributed by atoms with Crippen molar-refractivity contribution >= 4 is 34.6 Å². The Morgan fingerprint density at radius 2 is 1.67 bits per heavy atom. The SMILES string of the molecule is CCC1=C2C(=O)CC3=C4N=C(C=C5N=C(C=C6N=C(C=C1N=C32)C(CC(C)C)=C6C)C(C(C)O)=C5C)C(C)C4CCC(=O)OC. The van der Waals surface area contributed by atoms with Gasteiger partial charge < -0.3 is 9.84 Å². The van der Waals surface area contributed by atoms with Gasteiger partial charge in [-0.15, -0.1) is 0 Å². The van der Waals surface area contributed by atoms with Gasteiger partial charge in [0.2, 0.25) is 0 Å². The van der Waals surface area contributed by atoms with Crippen molar-refractivity contribution in [3.63, 3.8) is 0 Å². The van der Waals surface area contributed by atoms with Gasteiger partial charge in [-0.05, 0) is 86.5 Å². The number of fused-ring (bicyclic) bond motifs is 4. The number of nitrogens with zero attached hydrogens (tertiary/aromatic N) is 4. The lowest BCUT2D eigenvalue weighted by molar-refractivity contribution is -0.140. The molecule has 6 aliphatic rings. The van der Waals surface area contributed by atoms with E-state index in [0.29, 0.717) is 35.8 Å². The molecule has 1 aliphatic carbocycles. The molecule has 234 valence electrons. The van der Waals surface area contributed by atoms with Gasteiger partial charge in [0.25, 0.3) is 0 Å². The number of aliphatic hydroxyl groups excluding tert-OH is 1. The zero-order valence-corrected chi connectivity index (χ0v) is 27.5. The van der Waals surface area contributed by atoms with Gasteiger partial charge in [-0.2, -0.15) is 0 Å². The minimum atomic E-state index is -0.723. The minimum Gasteiger partial charge on any atom is -0.469 e. The molecule has 8 heteroatoms. The molecule has 5 aliphatic heterocycles. The third kappa shape index (κ3) is 5.23. The van der Waals surface area contributed by atoms with Gasteiger partial charge in [0, 0.05) is 47.1 Å². The fraction of sp³-hybridized carbons (Fsp3) is 0.459. The lowest BCUT2D eigenvalue weighted by Gasteiger charge is -2.18. The number of aliphatic hydroxyl groups is 1. The van der Waals surface area contributed by atoms with Gasteiger partial charge in [-0.3, -0.25) is 14.6 Å². The summed E-state index contributed by atoms with van der Waals surface area (Å²) in [6, 6.07) is 0. The molecule has 3 unspecified atom stereocenters. The van der Waals surface area contributed by atoms with Crippen molar-refractivity contribution in [3.05, 3.63) is 80.0 Å². The first-order valence-corrected chi connectivity index (χ1v) is 16.1. The first-order chi connectivity index (χ1) is 21.4. The number of Topliss-reactive ketones (excluding diaryl/α,β-unsaturated/α-hetero) is 1. The van der Waals surface area contributed by atoms with E-state index >= 15 is 0 Å². The van der Waals surface area contributed by atoms with Crippen LogP contribution in [0.15, 0.2) is 100.0 Å². The fourth-order valence-corrected chi connectivity index (χ4v) is 7.37. The maximum atomic E-state index is 13.7. The monoisotopic (exact) mass is 606 g/mol. The second-order valence-corrected chi connectivity index (χ2v) is 13.2. The summed E-state index contributed by atoms with van der Waals surface area (Å²) in [5.74, 6) is 0.0798. The molecule has 0 aromatic heterocycles. The van der Waals surface area contributed by atoms with Crippen molar-refractivity contribution in [2.24, 2.45) is 37.7 Å². The fourth-order valence-electron chi connectivity index (χ4n) is 7.37. The topological polar surface area (TPSA) is 113 Å².